The SMILES string of the molecule is CCC(CC)(CO)CS(N)(=O)=O. The van der Waals surface area contributed by atoms with E-state index in [1.165, 1.54) is 0 Å². The van der Waals surface area contributed by atoms with Crippen LogP contribution in [-0.4, -0.2) is 25.9 Å². The van der Waals surface area contributed by atoms with E-state index in [9.17, 15) is 8.42 Å². The van der Waals surface area contributed by atoms with Gasteiger partial charge in [-0.1, -0.05) is 13.8 Å². The molecule has 0 radical (unpaired) electrons. The molecule has 4 nitrogen and oxygen atoms in total. The largest absolute Gasteiger partial charge is 0.396 e. The third-order valence-corrected chi connectivity index (χ3v) is 3.36. The average molecular weight is 195 g/mol. The van der Waals surface area contributed by atoms with Crippen molar-refractivity contribution >= 4 is 10.0 Å². The maximum Gasteiger partial charge on any atom is 0.209 e. The first-order valence-corrected chi connectivity index (χ1v) is 5.72. The van der Waals surface area contributed by atoms with Crippen molar-refractivity contribution in [2.45, 2.75) is 26.7 Å². The molecule has 5 heteroatoms. The minimum atomic E-state index is -3.48. The maximum atomic E-state index is 10.8. The standard InChI is InChI=1S/C7H17NO3S/c1-3-7(4-2,5-9)6-12(8,10)11/h9H,3-6H2,1-2H3,(H2,8,10,11). The van der Waals surface area contributed by atoms with Gasteiger partial charge in [-0.3, -0.25) is 0 Å². The molecule has 0 atom stereocenters. The predicted octanol–water partition coefficient (Wildman–Crippen LogP) is 0.0736. The second-order valence-electron chi connectivity index (χ2n) is 3.17. The number of sulfonamides is 1. The number of primary sulfonamides is 1. The molecule has 0 saturated carbocycles. The summed E-state index contributed by atoms with van der Waals surface area (Å²) in [6.07, 6.45) is 1.24. The van der Waals surface area contributed by atoms with E-state index >= 15 is 0 Å². The lowest BCUT2D eigenvalue weighted by molar-refractivity contribution is 0.136. The molecule has 0 spiro atoms. The molecule has 0 aliphatic carbocycles. The van der Waals surface area contributed by atoms with Gasteiger partial charge in [-0.25, -0.2) is 13.6 Å². The van der Waals surface area contributed by atoms with Crippen LogP contribution in [0.5, 0.6) is 0 Å². The lowest BCUT2D eigenvalue weighted by Crippen LogP contribution is -2.35. The van der Waals surface area contributed by atoms with Crippen molar-refractivity contribution in [2.75, 3.05) is 12.4 Å². The Labute approximate surface area is 73.8 Å². The Morgan fingerprint density at radius 3 is 1.83 bits per heavy atom. The number of aliphatic hydroxyl groups excluding tert-OH is 1. The van der Waals surface area contributed by atoms with Crippen LogP contribution in [0.25, 0.3) is 0 Å². The molecule has 3 N–H and O–H groups in total. The number of rotatable bonds is 5. The van der Waals surface area contributed by atoms with E-state index in [1.807, 2.05) is 13.8 Å². The van der Waals surface area contributed by atoms with Crippen molar-refractivity contribution in [3.05, 3.63) is 0 Å². The molecule has 0 rings (SSSR count). The zero-order chi connectivity index (χ0) is 9.83. The summed E-state index contributed by atoms with van der Waals surface area (Å²) in [5.74, 6) is -0.135. The summed E-state index contributed by atoms with van der Waals surface area (Å²) in [7, 11) is -3.48. The Balaban J connectivity index is 4.52. The molecule has 0 aromatic heterocycles. The molecular weight excluding hydrogens is 178 g/mol. The van der Waals surface area contributed by atoms with Crippen molar-refractivity contribution in [1.29, 1.82) is 0 Å². The van der Waals surface area contributed by atoms with Crippen LogP contribution < -0.4 is 5.14 Å². The van der Waals surface area contributed by atoms with Gasteiger partial charge < -0.3 is 5.11 Å². The van der Waals surface area contributed by atoms with Crippen LogP contribution in [0, 0.1) is 5.41 Å². The van der Waals surface area contributed by atoms with Crippen LogP contribution in [0.2, 0.25) is 0 Å². The van der Waals surface area contributed by atoms with Crippen LogP contribution >= 0.6 is 0 Å². The van der Waals surface area contributed by atoms with Crippen molar-refractivity contribution < 1.29 is 13.5 Å². The van der Waals surface area contributed by atoms with Gasteiger partial charge in [0.1, 0.15) is 0 Å². The monoisotopic (exact) mass is 195 g/mol. The minimum absolute atomic E-state index is 0.129. The van der Waals surface area contributed by atoms with Crippen molar-refractivity contribution in [1.82, 2.24) is 0 Å². The van der Waals surface area contributed by atoms with E-state index in [-0.39, 0.29) is 12.4 Å². The zero-order valence-electron chi connectivity index (χ0n) is 7.58. The summed E-state index contributed by atoms with van der Waals surface area (Å²) in [5, 5.41) is 13.9. The van der Waals surface area contributed by atoms with E-state index in [0.717, 1.165) is 0 Å². The molecule has 0 aromatic carbocycles. The Morgan fingerprint density at radius 1 is 1.33 bits per heavy atom. The minimum Gasteiger partial charge on any atom is -0.396 e. The summed E-state index contributed by atoms with van der Waals surface area (Å²) < 4.78 is 21.6. The molecular formula is C7H17NO3S. The first-order valence-electron chi connectivity index (χ1n) is 4.00. The molecule has 0 bridgehead atoms. The van der Waals surface area contributed by atoms with Crippen LogP contribution in [0.1, 0.15) is 26.7 Å². The van der Waals surface area contributed by atoms with Crippen molar-refractivity contribution in [3.8, 4) is 0 Å². The first-order chi connectivity index (χ1) is 5.39. The third-order valence-electron chi connectivity index (χ3n) is 2.34. The van der Waals surface area contributed by atoms with Crippen LogP contribution in [-0.2, 0) is 10.0 Å². The molecule has 0 fully saturated rings. The van der Waals surface area contributed by atoms with Gasteiger partial charge in [0.15, 0.2) is 0 Å². The van der Waals surface area contributed by atoms with Gasteiger partial charge in [0.25, 0.3) is 0 Å². The summed E-state index contributed by atoms with van der Waals surface area (Å²) in [4.78, 5) is 0. The van der Waals surface area contributed by atoms with Gasteiger partial charge in [-0.2, -0.15) is 0 Å². The lowest BCUT2D eigenvalue weighted by Gasteiger charge is -2.27. The van der Waals surface area contributed by atoms with Crippen LogP contribution in [0.3, 0.4) is 0 Å². The topological polar surface area (TPSA) is 80.4 Å². The quantitative estimate of drug-likeness (QED) is 0.651. The van der Waals surface area contributed by atoms with Gasteiger partial charge in [-0.15, -0.1) is 0 Å². The lowest BCUT2D eigenvalue weighted by atomic mass is 9.86. The van der Waals surface area contributed by atoms with E-state index in [4.69, 9.17) is 10.2 Å². The predicted molar refractivity (Wildman–Crippen MR) is 48.1 cm³/mol. The van der Waals surface area contributed by atoms with Gasteiger partial charge >= 0.3 is 0 Å². The van der Waals surface area contributed by atoms with E-state index in [2.05, 4.69) is 0 Å². The number of nitrogens with two attached hydrogens (primary N) is 1. The Bertz CT molecular complexity index is 211. The highest BCUT2D eigenvalue weighted by molar-refractivity contribution is 7.89. The zero-order valence-corrected chi connectivity index (χ0v) is 8.39. The highest BCUT2D eigenvalue weighted by atomic mass is 32.2. The highest BCUT2D eigenvalue weighted by Gasteiger charge is 2.29. The van der Waals surface area contributed by atoms with Gasteiger partial charge in [0, 0.05) is 12.0 Å². The molecule has 0 aliphatic rings. The molecule has 0 unspecified atom stereocenters. The first kappa shape index (κ1) is 11.9. The Kier molecular flexibility index (Phi) is 4.16. The molecule has 12 heavy (non-hydrogen) atoms. The van der Waals surface area contributed by atoms with Crippen LogP contribution in [0.15, 0.2) is 0 Å². The van der Waals surface area contributed by atoms with Gasteiger partial charge in [-0.05, 0) is 12.8 Å². The molecule has 74 valence electrons. The smallest absolute Gasteiger partial charge is 0.209 e. The number of aliphatic hydroxyl groups is 1. The molecule has 0 heterocycles. The normalized spacial score (nSPS) is 13.3. The summed E-state index contributed by atoms with van der Waals surface area (Å²) >= 11 is 0. The summed E-state index contributed by atoms with van der Waals surface area (Å²) in [6, 6.07) is 0. The van der Waals surface area contributed by atoms with Gasteiger partial charge in [0.2, 0.25) is 10.0 Å². The maximum absolute atomic E-state index is 10.8. The fourth-order valence-corrected chi connectivity index (χ4v) is 2.50. The van der Waals surface area contributed by atoms with E-state index < -0.39 is 15.4 Å². The Morgan fingerprint density at radius 2 is 1.75 bits per heavy atom. The number of hydrogen-bond donors (Lipinski definition) is 2. The fourth-order valence-electron chi connectivity index (χ4n) is 1.15. The second-order valence-corrected chi connectivity index (χ2v) is 4.79. The van der Waals surface area contributed by atoms with Gasteiger partial charge in [0.05, 0.1) is 5.75 Å². The molecule has 0 saturated heterocycles. The van der Waals surface area contributed by atoms with Crippen LogP contribution in [0.4, 0.5) is 0 Å². The van der Waals surface area contributed by atoms with Crippen molar-refractivity contribution in [3.63, 3.8) is 0 Å². The molecule has 0 aliphatic heterocycles. The van der Waals surface area contributed by atoms with E-state index in [1.54, 1.807) is 0 Å². The third kappa shape index (κ3) is 3.51. The summed E-state index contributed by atoms with van der Waals surface area (Å²) in [5.41, 5.74) is -0.548. The average Bonchev–Trinajstić information content (AvgIpc) is 1.99. The summed E-state index contributed by atoms with van der Waals surface area (Å²) in [6.45, 7) is 3.58. The van der Waals surface area contributed by atoms with Crippen molar-refractivity contribution in [2.24, 2.45) is 10.6 Å². The second kappa shape index (κ2) is 4.20. The van der Waals surface area contributed by atoms with E-state index in [0.29, 0.717) is 12.8 Å². The number of hydrogen-bond acceptors (Lipinski definition) is 3. The fraction of sp³-hybridized carbons (Fsp3) is 1.00. The molecule has 0 amide bonds. The highest BCUT2D eigenvalue weighted by Crippen LogP contribution is 2.26. The molecule has 0 aromatic rings. The Hall–Kier alpha value is -0.130.